The Morgan fingerprint density at radius 1 is 1.14 bits per heavy atom. The number of imidazole rings is 1. The molecule has 2 amide bonds. The number of aromatic nitrogens is 2. The van der Waals surface area contributed by atoms with Gasteiger partial charge in [0.1, 0.15) is 12.0 Å². The lowest BCUT2D eigenvalue weighted by molar-refractivity contribution is 0.0873. The Hall–Kier alpha value is -3.23. The molecule has 0 saturated carbocycles. The Kier molecular flexibility index (Phi) is 9.61. The highest BCUT2D eigenvalue weighted by Gasteiger charge is 2.39. The molecule has 36 heavy (non-hydrogen) atoms. The van der Waals surface area contributed by atoms with Crippen LogP contribution in [0.2, 0.25) is 0 Å². The van der Waals surface area contributed by atoms with Gasteiger partial charge in [-0.25, -0.2) is 14.2 Å². The van der Waals surface area contributed by atoms with Crippen LogP contribution in [0.1, 0.15) is 38.2 Å². The summed E-state index contributed by atoms with van der Waals surface area (Å²) < 4.78 is 21.9. The molecule has 7 nitrogen and oxygen atoms in total. The number of hydrogen-bond donors (Lipinski definition) is 2. The average molecular weight is 496 g/mol. The fourth-order valence-corrected chi connectivity index (χ4v) is 4.25. The number of benzene rings is 2. The van der Waals surface area contributed by atoms with E-state index in [-0.39, 0.29) is 19.1 Å². The van der Waals surface area contributed by atoms with E-state index in [2.05, 4.69) is 22.0 Å². The zero-order valence-corrected chi connectivity index (χ0v) is 21.7. The third kappa shape index (κ3) is 7.15. The standard InChI is InChI=1S/C28H38FN5O2/c1-28(2,3)25(34(19-23(29)17-30)27(35)31-15-16-36-4)26-32-24(22-13-9-6-10-14-22)20-33(26)18-21-11-7-5-8-12-21/h5-14,20,23,25H,15-19,30H2,1-4H3,(H,31,35). The van der Waals surface area contributed by atoms with Crippen LogP contribution >= 0.6 is 0 Å². The molecule has 0 aliphatic carbocycles. The highest BCUT2D eigenvalue weighted by atomic mass is 19.1. The molecule has 8 heteroatoms. The number of urea groups is 1. The molecule has 194 valence electrons. The van der Waals surface area contributed by atoms with Crippen molar-refractivity contribution >= 4 is 6.03 Å². The van der Waals surface area contributed by atoms with Crippen LogP contribution in [-0.2, 0) is 11.3 Å². The Bertz CT molecular complexity index is 1080. The van der Waals surface area contributed by atoms with Crippen molar-refractivity contribution < 1.29 is 13.9 Å². The first-order chi connectivity index (χ1) is 17.2. The molecule has 0 fully saturated rings. The van der Waals surface area contributed by atoms with Crippen molar-refractivity contribution in [2.45, 2.75) is 39.5 Å². The summed E-state index contributed by atoms with van der Waals surface area (Å²) in [5.74, 6) is 0.691. The molecule has 0 saturated heterocycles. The molecule has 3 aromatic rings. The molecule has 2 aromatic carbocycles. The minimum Gasteiger partial charge on any atom is -0.383 e. The molecule has 3 N–H and O–H groups in total. The van der Waals surface area contributed by atoms with Gasteiger partial charge in [0, 0.05) is 38.5 Å². The number of hydrogen-bond acceptors (Lipinski definition) is 4. The number of nitrogens with two attached hydrogens (primary N) is 1. The van der Waals surface area contributed by atoms with Crippen molar-refractivity contribution in [3.63, 3.8) is 0 Å². The fraction of sp³-hybridized carbons (Fsp3) is 0.429. The zero-order chi connectivity index (χ0) is 26.1. The summed E-state index contributed by atoms with van der Waals surface area (Å²) in [7, 11) is 1.57. The van der Waals surface area contributed by atoms with Crippen molar-refractivity contribution in [1.29, 1.82) is 0 Å². The van der Waals surface area contributed by atoms with Gasteiger partial charge in [0.05, 0.1) is 24.9 Å². The van der Waals surface area contributed by atoms with Crippen LogP contribution in [0.4, 0.5) is 9.18 Å². The summed E-state index contributed by atoms with van der Waals surface area (Å²) in [4.78, 5) is 20.0. The van der Waals surface area contributed by atoms with E-state index in [9.17, 15) is 9.18 Å². The number of alkyl halides is 1. The Morgan fingerprint density at radius 3 is 2.36 bits per heavy atom. The molecule has 0 bridgehead atoms. The number of methoxy groups -OCH3 is 1. The number of nitrogens with zero attached hydrogens (tertiary/aromatic N) is 3. The van der Waals surface area contributed by atoms with Gasteiger partial charge < -0.3 is 25.3 Å². The number of halogens is 1. The smallest absolute Gasteiger partial charge is 0.318 e. The van der Waals surface area contributed by atoms with Gasteiger partial charge in [-0.1, -0.05) is 81.4 Å². The van der Waals surface area contributed by atoms with Crippen molar-refractivity contribution in [2.75, 3.05) is 33.4 Å². The molecule has 0 aliphatic heterocycles. The van der Waals surface area contributed by atoms with Gasteiger partial charge >= 0.3 is 6.03 Å². The summed E-state index contributed by atoms with van der Waals surface area (Å²) in [6, 6.07) is 19.1. The largest absolute Gasteiger partial charge is 0.383 e. The second-order valence-corrected chi connectivity index (χ2v) is 9.94. The first kappa shape index (κ1) is 27.4. The van der Waals surface area contributed by atoms with Gasteiger partial charge in [0.25, 0.3) is 0 Å². The predicted molar refractivity (Wildman–Crippen MR) is 141 cm³/mol. The second-order valence-electron chi connectivity index (χ2n) is 9.94. The first-order valence-electron chi connectivity index (χ1n) is 12.3. The normalized spacial score (nSPS) is 13.3. The Labute approximate surface area is 213 Å². The van der Waals surface area contributed by atoms with Gasteiger partial charge in [-0.3, -0.25) is 0 Å². The minimum absolute atomic E-state index is 0.143. The monoisotopic (exact) mass is 495 g/mol. The number of amides is 2. The fourth-order valence-electron chi connectivity index (χ4n) is 4.25. The lowest BCUT2D eigenvalue weighted by Crippen LogP contribution is -2.50. The van der Waals surface area contributed by atoms with E-state index in [4.69, 9.17) is 15.5 Å². The van der Waals surface area contributed by atoms with E-state index in [0.29, 0.717) is 25.5 Å². The van der Waals surface area contributed by atoms with Gasteiger partial charge in [-0.15, -0.1) is 0 Å². The third-order valence-electron chi connectivity index (χ3n) is 5.94. The number of carbonyl (C=O) groups excluding carboxylic acids is 1. The first-order valence-corrected chi connectivity index (χ1v) is 12.3. The van der Waals surface area contributed by atoms with Crippen molar-refractivity contribution in [3.05, 3.63) is 78.2 Å². The Morgan fingerprint density at radius 2 is 1.78 bits per heavy atom. The maximum Gasteiger partial charge on any atom is 0.318 e. The number of carbonyl (C=O) groups is 1. The number of rotatable bonds is 11. The molecule has 1 aromatic heterocycles. The Balaban J connectivity index is 2.12. The molecule has 2 atom stereocenters. The van der Waals surface area contributed by atoms with Crippen LogP contribution in [-0.4, -0.2) is 60.0 Å². The lowest BCUT2D eigenvalue weighted by atomic mass is 9.84. The summed E-state index contributed by atoms with van der Waals surface area (Å²) in [6.07, 6.45) is 0.641. The van der Waals surface area contributed by atoms with Gasteiger partial charge in [0.2, 0.25) is 0 Å². The van der Waals surface area contributed by atoms with Gasteiger partial charge in [0.15, 0.2) is 0 Å². The van der Waals surface area contributed by atoms with Crippen LogP contribution in [0.25, 0.3) is 11.3 Å². The van der Waals surface area contributed by atoms with Crippen LogP contribution in [0.15, 0.2) is 66.9 Å². The maximum atomic E-state index is 14.7. The molecule has 0 spiro atoms. The van der Waals surface area contributed by atoms with E-state index in [1.54, 1.807) is 7.11 Å². The molecule has 0 radical (unpaired) electrons. The highest BCUT2D eigenvalue weighted by molar-refractivity contribution is 5.75. The molecule has 2 unspecified atom stereocenters. The van der Waals surface area contributed by atoms with E-state index < -0.39 is 17.6 Å². The molecular formula is C28H38FN5O2. The summed E-state index contributed by atoms with van der Waals surface area (Å²) in [5, 5.41) is 2.86. The van der Waals surface area contributed by atoms with Crippen molar-refractivity contribution in [3.8, 4) is 11.3 Å². The number of ether oxygens (including phenoxy) is 1. The van der Waals surface area contributed by atoms with Crippen LogP contribution in [0.5, 0.6) is 0 Å². The van der Waals surface area contributed by atoms with Crippen LogP contribution in [0.3, 0.4) is 0 Å². The highest BCUT2D eigenvalue weighted by Crippen LogP contribution is 2.39. The average Bonchev–Trinajstić information content (AvgIpc) is 3.26. The van der Waals surface area contributed by atoms with Crippen LogP contribution < -0.4 is 11.1 Å². The zero-order valence-electron chi connectivity index (χ0n) is 21.7. The summed E-state index contributed by atoms with van der Waals surface area (Å²) >= 11 is 0. The molecule has 0 aliphatic rings. The second kappa shape index (κ2) is 12.6. The van der Waals surface area contributed by atoms with E-state index in [1.807, 2.05) is 75.5 Å². The molecule has 3 rings (SSSR count). The van der Waals surface area contributed by atoms with Crippen LogP contribution in [0, 0.1) is 5.41 Å². The summed E-state index contributed by atoms with van der Waals surface area (Å²) in [5.41, 5.74) is 8.04. The van der Waals surface area contributed by atoms with Gasteiger partial charge in [-0.05, 0) is 11.0 Å². The summed E-state index contributed by atoms with van der Waals surface area (Å²) in [6.45, 7) is 7.03. The predicted octanol–water partition coefficient (Wildman–Crippen LogP) is 4.64. The van der Waals surface area contributed by atoms with E-state index in [1.165, 1.54) is 4.90 Å². The van der Waals surface area contributed by atoms with E-state index >= 15 is 0 Å². The number of nitrogens with one attached hydrogen (secondary N) is 1. The lowest BCUT2D eigenvalue weighted by Gasteiger charge is -2.40. The quantitative estimate of drug-likeness (QED) is 0.380. The van der Waals surface area contributed by atoms with Gasteiger partial charge in [-0.2, -0.15) is 0 Å². The van der Waals surface area contributed by atoms with Crippen molar-refractivity contribution in [1.82, 2.24) is 19.8 Å². The van der Waals surface area contributed by atoms with Crippen molar-refractivity contribution in [2.24, 2.45) is 11.1 Å². The topological polar surface area (TPSA) is 85.4 Å². The maximum absolute atomic E-state index is 14.7. The third-order valence-corrected chi connectivity index (χ3v) is 5.94. The SMILES string of the molecule is COCCNC(=O)N(CC(F)CN)C(c1nc(-c2ccccc2)cn1Cc1ccccc1)C(C)(C)C. The minimum atomic E-state index is -1.37. The molecular weight excluding hydrogens is 457 g/mol. The van der Waals surface area contributed by atoms with E-state index in [0.717, 1.165) is 16.8 Å². The molecule has 1 heterocycles.